The van der Waals surface area contributed by atoms with Crippen LogP contribution in [0.25, 0.3) is 0 Å². The molecule has 0 spiro atoms. The number of rotatable bonds is 4. The van der Waals surface area contributed by atoms with E-state index in [1.165, 1.54) is 5.56 Å². The van der Waals surface area contributed by atoms with Crippen LogP contribution in [0.5, 0.6) is 0 Å². The largest absolute Gasteiger partial charge is 0.391 e. The van der Waals surface area contributed by atoms with Crippen molar-refractivity contribution < 1.29 is 14.7 Å². The van der Waals surface area contributed by atoms with Crippen LogP contribution in [-0.4, -0.2) is 45.5 Å². The highest BCUT2D eigenvalue weighted by molar-refractivity contribution is 6.01. The van der Waals surface area contributed by atoms with Crippen molar-refractivity contribution in [2.24, 2.45) is 0 Å². The zero-order chi connectivity index (χ0) is 19.7. The zero-order valence-electron chi connectivity index (χ0n) is 16.5. The fraction of sp³-hybridized carbons (Fsp3) is 0.478. The maximum Gasteiger partial charge on any atom is 0.227 e. The molecule has 5 heteroatoms. The molecule has 4 rings (SSSR count). The van der Waals surface area contributed by atoms with Crippen molar-refractivity contribution in [2.75, 3.05) is 13.1 Å². The standard InChI is InChI=1S/C23H28N2O3/c1-16-19(13-22(28)24-12-6-9-18(26)15-24)23-20(10-5-11-21(23)27)25(16)14-17-7-3-2-4-8-17/h2-4,7-8,18,26H,5-6,9-15H2,1H3/t18-/m0/s1. The minimum atomic E-state index is -0.433. The molecule has 1 atom stereocenters. The lowest BCUT2D eigenvalue weighted by Crippen LogP contribution is -2.43. The molecule has 1 aliphatic carbocycles. The molecule has 28 heavy (non-hydrogen) atoms. The van der Waals surface area contributed by atoms with E-state index in [0.29, 0.717) is 19.5 Å². The lowest BCUT2D eigenvalue weighted by Gasteiger charge is -2.30. The van der Waals surface area contributed by atoms with E-state index in [-0.39, 0.29) is 18.1 Å². The third-order valence-corrected chi connectivity index (χ3v) is 6.11. The first-order chi connectivity index (χ1) is 13.5. The Morgan fingerprint density at radius 1 is 1.18 bits per heavy atom. The van der Waals surface area contributed by atoms with Crippen molar-refractivity contribution in [3.63, 3.8) is 0 Å². The van der Waals surface area contributed by atoms with Gasteiger partial charge >= 0.3 is 0 Å². The second-order valence-corrected chi connectivity index (χ2v) is 8.05. The molecule has 148 valence electrons. The highest BCUT2D eigenvalue weighted by Crippen LogP contribution is 2.31. The first-order valence-corrected chi connectivity index (χ1v) is 10.3. The van der Waals surface area contributed by atoms with E-state index in [1.54, 1.807) is 4.90 Å². The summed E-state index contributed by atoms with van der Waals surface area (Å²) in [5, 5.41) is 9.90. The Kier molecular flexibility index (Phi) is 5.36. The van der Waals surface area contributed by atoms with Crippen LogP contribution >= 0.6 is 0 Å². The molecular weight excluding hydrogens is 352 g/mol. The van der Waals surface area contributed by atoms with Gasteiger partial charge in [0.1, 0.15) is 0 Å². The number of nitrogens with zero attached hydrogens (tertiary/aromatic N) is 2. The molecule has 1 amide bonds. The number of benzene rings is 1. The monoisotopic (exact) mass is 380 g/mol. The van der Waals surface area contributed by atoms with Gasteiger partial charge in [-0.25, -0.2) is 0 Å². The van der Waals surface area contributed by atoms with E-state index >= 15 is 0 Å². The van der Waals surface area contributed by atoms with Gasteiger partial charge in [0.25, 0.3) is 0 Å². The highest BCUT2D eigenvalue weighted by Gasteiger charge is 2.30. The normalized spacial score (nSPS) is 19.6. The van der Waals surface area contributed by atoms with Gasteiger partial charge < -0.3 is 14.6 Å². The van der Waals surface area contributed by atoms with Crippen LogP contribution in [0.1, 0.15) is 58.6 Å². The molecule has 2 heterocycles. The Balaban J connectivity index is 1.66. The molecule has 5 nitrogen and oxygen atoms in total. The molecule has 1 aromatic carbocycles. The van der Waals surface area contributed by atoms with Gasteiger partial charge in [0.2, 0.25) is 5.91 Å². The summed E-state index contributed by atoms with van der Waals surface area (Å²) in [5.74, 6) is 0.178. The minimum absolute atomic E-state index is 0.0138. The molecule has 1 N–H and O–H groups in total. The first-order valence-electron chi connectivity index (χ1n) is 10.3. The summed E-state index contributed by atoms with van der Waals surface area (Å²) in [5.41, 5.74) is 4.97. The summed E-state index contributed by atoms with van der Waals surface area (Å²) in [6, 6.07) is 10.2. The number of amides is 1. The van der Waals surface area contributed by atoms with Crippen molar-refractivity contribution in [2.45, 2.75) is 58.1 Å². The van der Waals surface area contributed by atoms with Crippen LogP contribution in [0.4, 0.5) is 0 Å². The van der Waals surface area contributed by atoms with E-state index in [2.05, 4.69) is 16.7 Å². The highest BCUT2D eigenvalue weighted by atomic mass is 16.3. The predicted octanol–water partition coefficient (Wildman–Crippen LogP) is 2.89. The van der Waals surface area contributed by atoms with Crippen LogP contribution in [0, 0.1) is 6.92 Å². The van der Waals surface area contributed by atoms with Gasteiger partial charge in [-0.05, 0) is 43.7 Å². The van der Waals surface area contributed by atoms with Crippen molar-refractivity contribution in [1.29, 1.82) is 0 Å². The maximum absolute atomic E-state index is 12.9. The van der Waals surface area contributed by atoms with Crippen LogP contribution < -0.4 is 0 Å². The summed E-state index contributed by atoms with van der Waals surface area (Å²) >= 11 is 0. The Labute approximate surface area is 166 Å². The lowest BCUT2D eigenvalue weighted by molar-refractivity contribution is -0.133. The van der Waals surface area contributed by atoms with Gasteiger partial charge in [0, 0.05) is 43.0 Å². The van der Waals surface area contributed by atoms with E-state index < -0.39 is 6.10 Å². The molecule has 0 saturated carbocycles. The second-order valence-electron chi connectivity index (χ2n) is 8.05. The minimum Gasteiger partial charge on any atom is -0.391 e. The molecule has 1 aromatic heterocycles. The summed E-state index contributed by atoms with van der Waals surface area (Å²) in [7, 11) is 0. The van der Waals surface area contributed by atoms with Gasteiger partial charge in [0.15, 0.2) is 5.78 Å². The molecule has 0 unspecified atom stereocenters. The van der Waals surface area contributed by atoms with Crippen LogP contribution in [0.15, 0.2) is 30.3 Å². The third-order valence-electron chi connectivity index (χ3n) is 6.11. The molecule has 1 fully saturated rings. The number of β-amino-alcohol motifs (C(OH)–C–C–N with tert-alkyl or cyclic N) is 1. The summed E-state index contributed by atoms with van der Waals surface area (Å²) in [4.78, 5) is 27.4. The summed E-state index contributed by atoms with van der Waals surface area (Å²) in [6.45, 7) is 3.84. The first kappa shape index (κ1) is 18.9. The van der Waals surface area contributed by atoms with E-state index in [1.807, 2.05) is 25.1 Å². The average Bonchev–Trinajstić information content (AvgIpc) is 2.96. The number of piperidine rings is 1. The number of carbonyl (C=O) groups excluding carboxylic acids is 2. The van der Waals surface area contributed by atoms with Crippen molar-refractivity contribution in [3.05, 3.63) is 58.4 Å². The molecule has 0 bridgehead atoms. The number of aliphatic hydroxyl groups excluding tert-OH is 1. The van der Waals surface area contributed by atoms with E-state index in [4.69, 9.17) is 0 Å². The Morgan fingerprint density at radius 2 is 1.96 bits per heavy atom. The number of likely N-dealkylation sites (tertiary alicyclic amines) is 1. The predicted molar refractivity (Wildman–Crippen MR) is 108 cm³/mol. The Bertz CT molecular complexity index is 885. The SMILES string of the molecule is Cc1c(CC(=O)N2CCC[C@H](O)C2)c2c(n1Cc1ccccc1)CCCC2=O. The Hall–Kier alpha value is -2.40. The fourth-order valence-corrected chi connectivity index (χ4v) is 4.63. The summed E-state index contributed by atoms with van der Waals surface area (Å²) in [6.07, 6.45) is 3.71. The fourth-order valence-electron chi connectivity index (χ4n) is 4.63. The average molecular weight is 380 g/mol. The number of aromatic nitrogens is 1. The van der Waals surface area contributed by atoms with Gasteiger partial charge in [-0.2, -0.15) is 0 Å². The van der Waals surface area contributed by atoms with Crippen molar-refractivity contribution in [3.8, 4) is 0 Å². The van der Waals surface area contributed by atoms with E-state index in [0.717, 1.165) is 54.7 Å². The number of hydrogen-bond acceptors (Lipinski definition) is 3. The number of aliphatic hydroxyl groups is 1. The number of Topliss-reactive ketones (excluding diaryl/α,β-unsaturated/α-hetero) is 1. The van der Waals surface area contributed by atoms with Crippen molar-refractivity contribution >= 4 is 11.7 Å². The molecule has 1 aliphatic heterocycles. The van der Waals surface area contributed by atoms with Crippen molar-refractivity contribution in [1.82, 2.24) is 9.47 Å². The number of hydrogen-bond donors (Lipinski definition) is 1. The number of ketones is 1. The number of fused-ring (bicyclic) bond motifs is 1. The lowest BCUT2D eigenvalue weighted by atomic mass is 9.91. The molecule has 2 aromatic rings. The molecular formula is C23H28N2O3. The maximum atomic E-state index is 12.9. The van der Waals surface area contributed by atoms with Crippen LogP contribution in [0.3, 0.4) is 0 Å². The quantitative estimate of drug-likeness (QED) is 0.887. The molecule has 2 aliphatic rings. The Morgan fingerprint density at radius 3 is 2.71 bits per heavy atom. The number of carbonyl (C=O) groups is 2. The smallest absolute Gasteiger partial charge is 0.227 e. The topological polar surface area (TPSA) is 62.5 Å². The van der Waals surface area contributed by atoms with E-state index in [9.17, 15) is 14.7 Å². The molecule has 1 saturated heterocycles. The summed E-state index contributed by atoms with van der Waals surface area (Å²) < 4.78 is 2.23. The van der Waals surface area contributed by atoms with Crippen LogP contribution in [-0.2, 0) is 24.2 Å². The zero-order valence-corrected chi connectivity index (χ0v) is 16.5. The van der Waals surface area contributed by atoms with Gasteiger partial charge in [-0.15, -0.1) is 0 Å². The van der Waals surface area contributed by atoms with Gasteiger partial charge in [-0.1, -0.05) is 30.3 Å². The second kappa shape index (κ2) is 7.92. The van der Waals surface area contributed by atoms with Gasteiger partial charge in [-0.3, -0.25) is 9.59 Å². The van der Waals surface area contributed by atoms with Crippen LogP contribution in [0.2, 0.25) is 0 Å². The van der Waals surface area contributed by atoms with Gasteiger partial charge in [0.05, 0.1) is 12.5 Å². The molecule has 0 radical (unpaired) electrons. The third kappa shape index (κ3) is 3.63.